The second-order valence-electron chi connectivity index (χ2n) is 10.9. The second kappa shape index (κ2) is 8.13. The minimum atomic E-state index is -0.142. The van der Waals surface area contributed by atoms with Gasteiger partial charge in [0.2, 0.25) is 0 Å². The van der Waals surface area contributed by atoms with Gasteiger partial charge in [-0.1, -0.05) is 126 Å². The maximum atomic E-state index is 11.4. The summed E-state index contributed by atoms with van der Waals surface area (Å²) in [5.41, 5.74) is 7.96. The molecule has 164 valence electrons. The van der Waals surface area contributed by atoms with Crippen molar-refractivity contribution in [3.05, 3.63) is 113 Å². The van der Waals surface area contributed by atoms with E-state index in [2.05, 4.69) is 126 Å². The summed E-state index contributed by atoms with van der Waals surface area (Å²) in [5, 5.41) is 11.4. The van der Waals surface area contributed by atoms with Crippen LogP contribution in [0.15, 0.2) is 84.9 Å². The highest BCUT2D eigenvalue weighted by Crippen LogP contribution is 2.47. The van der Waals surface area contributed by atoms with Crippen LogP contribution in [-0.4, -0.2) is 5.11 Å². The van der Waals surface area contributed by atoms with Crippen LogP contribution in [0.25, 0.3) is 11.1 Å². The zero-order chi connectivity index (χ0) is 23.1. The molecular weight excluding hydrogens is 388 g/mol. The monoisotopic (exact) mass is 422 g/mol. The average molecular weight is 423 g/mol. The van der Waals surface area contributed by atoms with Gasteiger partial charge in [0, 0.05) is 11.5 Å². The normalized spacial score (nSPS) is 14.9. The predicted octanol–water partition coefficient (Wildman–Crippen LogP) is 8.25. The molecule has 1 aliphatic rings. The van der Waals surface area contributed by atoms with Gasteiger partial charge in [0.05, 0.1) is 0 Å². The number of aromatic hydroxyl groups is 1. The molecule has 0 bridgehead atoms. The third kappa shape index (κ3) is 4.30. The first-order valence-corrected chi connectivity index (χ1v) is 11.5. The molecule has 3 aromatic carbocycles. The Morgan fingerprint density at radius 3 is 1.50 bits per heavy atom. The largest absolute Gasteiger partial charge is 0.507 e. The number of rotatable bonds is 3. The van der Waals surface area contributed by atoms with Crippen LogP contribution in [0.5, 0.6) is 5.75 Å². The van der Waals surface area contributed by atoms with Crippen LogP contribution in [0.3, 0.4) is 0 Å². The lowest BCUT2D eigenvalue weighted by Gasteiger charge is -2.28. The van der Waals surface area contributed by atoms with Crippen molar-refractivity contribution in [2.45, 2.75) is 58.3 Å². The summed E-state index contributed by atoms with van der Waals surface area (Å²) in [6, 6.07) is 25.5. The highest BCUT2D eigenvalue weighted by molar-refractivity contribution is 6.08. The van der Waals surface area contributed by atoms with Gasteiger partial charge in [0.1, 0.15) is 5.75 Å². The molecule has 3 aromatic rings. The molecule has 1 nitrogen and oxygen atoms in total. The van der Waals surface area contributed by atoms with Gasteiger partial charge in [-0.15, -0.1) is 0 Å². The van der Waals surface area contributed by atoms with Crippen molar-refractivity contribution in [3.63, 3.8) is 0 Å². The van der Waals surface area contributed by atoms with E-state index in [9.17, 15) is 5.11 Å². The third-order valence-electron chi connectivity index (χ3n) is 6.32. The highest BCUT2D eigenvalue weighted by atomic mass is 16.3. The van der Waals surface area contributed by atoms with Crippen LogP contribution >= 0.6 is 0 Å². The minimum Gasteiger partial charge on any atom is -0.507 e. The quantitative estimate of drug-likeness (QED) is 0.450. The maximum Gasteiger partial charge on any atom is 0.123 e. The van der Waals surface area contributed by atoms with Gasteiger partial charge in [0.15, 0.2) is 0 Å². The Balaban J connectivity index is 1.93. The number of benzene rings is 3. The molecule has 32 heavy (non-hydrogen) atoms. The van der Waals surface area contributed by atoms with Crippen LogP contribution in [-0.2, 0) is 10.8 Å². The highest BCUT2D eigenvalue weighted by Gasteiger charge is 2.29. The summed E-state index contributed by atoms with van der Waals surface area (Å²) in [5.74, 6) is 0.438. The summed E-state index contributed by atoms with van der Waals surface area (Å²) < 4.78 is 0. The van der Waals surface area contributed by atoms with E-state index in [-0.39, 0.29) is 16.7 Å². The van der Waals surface area contributed by atoms with Gasteiger partial charge in [-0.05, 0) is 44.2 Å². The first-order valence-electron chi connectivity index (χ1n) is 11.5. The third-order valence-corrected chi connectivity index (χ3v) is 6.32. The molecule has 1 aliphatic carbocycles. The van der Waals surface area contributed by atoms with Crippen molar-refractivity contribution >= 4 is 11.1 Å². The van der Waals surface area contributed by atoms with E-state index in [1.165, 1.54) is 27.8 Å². The average Bonchev–Trinajstić information content (AvgIpc) is 3.19. The second-order valence-corrected chi connectivity index (χ2v) is 10.9. The van der Waals surface area contributed by atoms with Gasteiger partial charge in [-0.3, -0.25) is 0 Å². The van der Waals surface area contributed by atoms with Crippen molar-refractivity contribution in [3.8, 4) is 5.75 Å². The molecule has 1 heteroatoms. The van der Waals surface area contributed by atoms with Crippen molar-refractivity contribution in [2.75, 3.05) is 0 Å². The van der Waals surface area contributed by atoms with Crippen LogP contribution in [0, 0.1) is 0 Å². The molecule has 0 fully saturated rings. The minimum absolute atomic E-state index is 0.000989. The van der Waals surface area contributed by atoms with Crippen molar-refractivity contribution < 1.29 is 5.11 Å². The molecule has 0 aromatic heterocycles. The van der Waals surface area contributed by atoms with Crippen LogP contribution in [0.2, 0.25) is 0 Å². The molecular formula is C31H34O. The fraction of sp³-hybridized carbons (Fsp3) is 0.290. The molecule has 0 heterocycles. The number of hydrogen-bond donors (Lipinski definition) is 1. The molecule has 0 unspecified atom stereocenters. The Labute approximate surface area is 193 Å². The van der Waals surface area contributed by atoms with E-state index in [1.807, 2.05) is 0 Å². The first kappa shape index (κ1) is 22.1. The summed E-state index contributed by atoms with van der Waals surface area (Å²) in [6.45, 7) is 13.2. The topological polar surface area (TPSA) is 20.2 Å². The lowest BCUT2D eigenvalue weighted by molar-refractivity contribution is 0.438. The Hall–Kier alpha value is -3.06. The Bertz CT molecular complexity index is 1110. The number of allylic oxidation sites excluding steroid dienone is 4. The Morgan fingerprint density at radius 2 is 1.09 bits per heavy atom. The Kier molecular flexibility index (Phi) is 5.63. The predicted molar refractivity (Wildman–Crippen MR) is 137 cm³/mol. The summed E-state index contributed by atoms with van der Waals surface area (Å²) >= 11 is 0. The molecule has 1 N–H and O–H groups in total. The number of phenolic OH excluding ortho intramolecular Hbond substituents is 1. The van der Waals surface area contributed by atoms with E-state index in [0.717, 1.165) is 11.1 Å². The first-order chi connectivity index (χ1) is 15.1. The maximum absolute atomic E-state index is 11.4. The van der Waals surface area contributed by atoms with Gasteiger partial charge >= 0.3 is 0 Å². The van der Waals surface area contributed by atoms with Crippen LogP contribution in [0.1, 0.15) is 75.3 Å². The van der Waals surface area contributed by atoms with Gasteiger partial charge in [0.25, 0.3) is 0 Å². The SMILES string of the molecule is CC(C)(C)c1cc(C2C=C(c3ccccc3)C(c3ccccc3)=C2)c(O)c(C(C)(C)C)c1. The summed E-state index contributed by atoms with van der Waals surface area (Å²) in [4.78, 5) is 0. The van der Waals surface area contributed by atoms with Crippen molar-refractivity contribution in [1.29, 1.82) is 0 Å². The molecule has 0 spiro atoms. The van der Waals surface area contributed by atoms with Crippen LogP contribution < -0.4 is 0 Å². The Morgan fingerprint density at radius 1 is 0.625 bits per heavy atom. The van der Waals surface area contributed by atoms with E-state index in [1.54, 1.807) is 0 Å². The van der Waals surface area contributed by atoms with E-state index >= 15 is 0 Å². The zero-order valence-corrected chi connectivity index (χ0v) is 20.1. The lowest BCUT2D eigenvalue weighted by Crippen LogP contribution is -2.17. The summed E-state index contributed by atoms with van der Waals surface area (Å²) in [7, 11) is 0. The zero-order valence-electron chi connectivity index (χ0n) is 20.1. The fourth-order valence-electron chi connectivity index (χ4n) is 4.42. The van der Waals surface area contributed by atoms with Crippen molar-refractivity contribution in [2.24, 2.45) is 0 Å². The van der Waals surface area contributed by atoms with Crippen LogP contribution in [0.4, 0.5) is 0 Å². The smallest absolute Gasteiger partial charge is 0.123 e. The van der Waals surface area contributed by atoms with Crippen molar-refractivity contribution in [1.82, 2.24) is 0 Å². The summed E-state index contributed by atoms with van der Waals surface area (Å²) in [6.07, 6.45) is 4.62. The fourth-order valence-corrected chi connectivity index (χ4v) is 4.42. The number of phenols is 1. The molecule has 0 saturated heterocycles. The molecule has 0 radical (unpaired) electrons. The van der Waals surface area contributed by atoms with Gasteiger partial charge in [-0.25, -0.2) is 0 Å². The van der Waals surface area contributed by atoms with E-state index < -0.39 is 0 Å². The molecule has 0 aliphatic heterocycles. The van der Waals surface area contributed by atoms with E-state index in [0.29, 0.717) is 5.75 Å². The molecule has 4 rings (SSSR count). The lowest BCUT2D eigenvalue weighted by atomic mass is 9.77. The van der Waals surface area contributed by atoms with Gasteiger partial charge in [-0.2, -0.15) is 0 Å². The van der Waals surface area contributed by atoms with Gasteiger partial charge < -0.3 is 5.11 Å². The molecule has 0 atom stereocenters. The standard InChI is InChI=1S/C31H34O/c1-30(2,3)24-19-27(29(32)28(20-24)31(4,5)6)23-17-25(21-13-9-7-10-14-21)26(18-23)22-15-11-8-12-16-22/h7-20,23,32H,1-6H3. The molecule has 0 saturated carbocycles. The van der Waals surface area contributed by atoms with E-state index in [4.69, 9.17) is 0 Å². The molecule has 0 amide bonds. The number of hydrogen-bond acceptors (Lipinski definition) is 1.